The molecule has 2 atom stereocenters. The molecule has 0 N–H and O–H groups in total. The summed E-state index contributed by atoms with van der Waals surface area (Å²) >= 11 is 0. The molecule has 2 unspecified atom stereocenters. The normalized spacial score (nSPS) is 27.2. The lowest BCUT2D eigenvalue weighted by atomic mass is 10.2. The molecule has 2 bridgehead atoms. The van der Waals surface area contributed by atoms with Crippen molar-refractivity contribution in [2.24, 2.45) is 0 Å². The highest BCUT2D eigenvalue weighted by molar-refractivity contribution is 5.49. The van der Waals surface area contributed by atoms with Crippen molar-refractivity contribution in [1.82, 2.24) is 9.88 Å². The Morgan fingerprint density at radius 1 is 1.28 bits per heavy atom. The molecule has 2 aliphatic rings. The summed E-state index contributed by atoms with van der Waals surface area (Å²) in [4.78, 5) is 9.42. The minimum atomic E-state index is 0.660. The Balaban J connectivity index is 1.73. The van der Waals surface area contributed by atoms with Crippen molar-refractivity contribution >= 4 is 5.69 Å². The number of aromatic nitrogens is 1. The van der Waals surface area contributed by atoms with Gasteiger partial charge in [-0.25, -0.2) is 4.98 Å². The standard InChI is InChI=1S/C14H21N3O/c1-10(2)16-8-13-6-12(16)9-17(13)11-4-5-14(18-3)15-7-11/h4-5,7,10,12-13H,6,8-9H2,1-3H3. The van der Waals surface area contributed by atoms with Gasteiger partial charge in [-0.1, -0.05) is 0 Å². The van der Waals surface area contributed by atoms with Crippen molar-refractivity contribution in [1.29, 1.82) is 0 Å². The second kappa shape index (κ2) is 4.43. The van der Waals surface area contributed by atoms with E-state index in [9.17, 15) is 0 Å². The van der Waals surface area contributed by atoms with Gasteiger partial charge in [-0.05, 0) is 26.3 Å². The monoisotopic (exact) mass is 247 g/mol. The lowest BCUT2D eigenvalue weighted by Gasteiger charge is -2.37. The van der Waals surface area contributed by atoms with Gasteiger partial charge in [0.25, 0.3) is 0 Å². The van der Waals surface area contributed by atoms with E-state index in [1.165, 1.54) is 18.7 Å². The average molecular weight is 247 g/mol. The van der Waals surface area contributed by atoms with Crippen LogP contribution in [-0.4, -0.2) is 48.2 Å². The van der Waals surface area contributed by atoms with Gasteiger partial charge in [-0.2, -0.15) is 0 Å². The maximum atomic E-state index is 5.10. The van der Waals surface area contributed by atoms with E-state index in [1.807, 2.05) is 12.3 Å². The Bertz CT molecular complexity index is 418. The molecule has 0 aliphatic carbocycles. The largest absolute Gasteiger partial charge is 0.481 e. The molecule has 2 saturated heterocycles. The predicted molar refractivity (Wildman–Crippen MR) is 72.2 cm³/mol. The molecule has 3 heterocycles. The van der Waals surface area contributed by atoms with Gasteiger partial charge in [0.2, 0.25) is 5.88 Å². The first-order chi connectivity index (χ1) is 8.69. The van der Waals surface area contributed by atoms with Crippen molar-refractivity contribution in [2.45, 2.75) is 38.4 Å². The summed E-state index contributed by atoms with van der Waals surface area (Å²) < 4.78 is 5.10. The summed E-state index contributed by atoms with van der Waals surface area (Å²) in [5.41, 5.74) is 1.23. The molecule has 0 radical (unpaired) electrons. The lowest BCUT2D eigenvalue weighted by Crippen LogP contribution is -2.48. The van der Waals surface area contributed by atoms with E-state index in [1.54, 1.807) is 7.11 Å². The van der Waals surface area contributed by atoms with Crippen LogP contribution in [0.3, 0.4) is 0 Å². The Morgan fingerprint density at radius 2 is 2.11 bits per heavy atom. The van der Waals surface area contributed by atoms with Gasteiger partial charge < -0.3 is 9.64 Å². The van der Waals surface area contributed by atoms with Gasteiger partial charge in [0, 0.05) is 37.3 Å². The molecule has 0 spiro atoms. The zero-order valence-electron chi connectivity index (χ0n) is 11.3. The average Bonchev–Trinajstić information content (AvgIpc) is 2.98. The first-order valence-corrected chi connectivity index (χ1v) is 6.71. The first-order valence-electron chi connectivity index (χ1n) is 6.71. The summed E-state index contributed by atoms with van der Waals surface area (Å²) in [6.07, 6.45) is 3.23. The van der Waals surface area contributed by atoms with Crippen molar-refractivity contribution in [3.05, 3.63) is 18.3 Å². The third-order valence-corrected chi connectivity index (χ3v) is 4.21. The number of rotatable bonds is 3. The molecule has 1 aromatic rings. The van der Waals surface area contributed by atoms with E-state index in [4.69, 9.17) is 4.74 Å². The fraction of sp³-hybridized carbons (Fsp3) is 0.643. The van der Waals surface area contributed by atoms with Gasteiger partial charge in [0.15, 0.2) is 0 Å². The highest BCUT2D eigenvalue weighted by Gasteiger charge is 2.43. The number of anilines is 1. The second-order valence-electron chi connectivity index (χ2n) is 5.55. The van der Waals surface area contributed by atoms with E-state index < -0.39 is 0 Å². The number of likely N-dealkylation sites (tertiary alicyclic amines) is 1. The SMILES string of the molecule is COc1ccc(N2CC3CC2CN3C(C)C)cn1. The van der Waals surface area contributed by atoms with Crippen molar-refractivity contribution in [2.75, 3.05) is 25.1 Å². The molecule has 1 aromatic heterocycles. The van der Waals surface area contributed by atoms with Crippen LogP contribution in [0.2, 0.25) is 0 Å². The summed E-state index contributed by atoms with van der Waals surface area (Å²) in [6.45, 7) is 6.91. The number of ether oxygens (including phenoxy) is 1. The Hall–Kier alpha value is -1.29. The maximum Gasteiger partial charge on any atom is 0.213 e. The number of nitrogens with zero attached hydrogens (tertiary/aromatic N) is 3. The summed E-state index contributed by atoms with van der Waals surface area (Å²) in [7, 11) is 1.65. The smallest absolute Gasteiger partial charge is 0.213 e. The molecule has 3 rings (SSSR count). The molecule has 2 fully saturated rings. The summed E-state index contributed by atoms with van der Waals surface area (Å²) in [5.74, 6) is 0.687. The number of methoxy groups -OCH3 is 1. The first kappa shape index (κ1) is 11.8. The van der Waals surface area contributed by atoms with Crippen LogP contribution in [-0.2, 0) is 0 Å². The Kier molecular flexibility index (Phi) is 2.90. The molecule has 4 heteroatoms. The number of fused-ring (bicyclic) bond motifs is 2. The van der Waals surface area contributed by atoms with Crippen LogP contribution in [0.4, 0.5) is 5.69 Å². The fourth-order valence-corrected chi connectivity index (χ4v) is 3.31. The molecule has 4 nitrogen and oxygen atoms in total. The number of pyridine rings is 1. The van der Waals surface area contributed by atoms with Crippen LogP contribution in [0.1, 0.15) is 20.3 Å². The quantitative estimate of drug-likeness (QED) is 0.814. The molecule has 0 saturated carbocycles. The second-order valence-corrected chi connectivity index (χ2v) is 5.55. The highest BCUT2D eigenvalue weighted by Crippen LogP contribution is 2.35. The van der Waals surface area contributed by atoms with E-state index in [2.05, 4.69) is 34.7 Å². The van der Waals surface area contributed by atoms with Crippen LogP contribution in [0.25, 0.3) is 0 Å². The molecule has 0 aromatic carbocycles. The molecular weight excluding hydrogens is 226 g/mol. The third kappa shape index (κ3) is 1.85. The maximum absolute atomic E-state index is 5.10. The van der Waals surface area contributed by atoms with Crippen LogP contribution in [0.15, 0.2) is 18.3 Å². The topological polar surface area (TPSA) is 28.6 Å². The van der Waals surface area contributed by atoms with E-state index in [0.29, 0.717) is 18.0 Å². The molecule has 98 valence electrons. The van der Waals surface area contributed by atoms with Crippen LogP contribution < -0.4 is 9.64 Å². The molecule has 18 heavy (non-hydrogen) atoms. The van der Waals surface area contributed by atoms with Crippen LogP contribution in [0, 0.1) is 0 Å². The van der Waals surface area contributed by atoms with Gasteiger partial charge >= 0.3 is 0 Å². The Labute approximate surface area is 109 Å². The lowest BCUT2D eigenvalue weighted by molar-refractivity contribution is 0.191. The van der Waals surface area contributed by atoms with Crippen LogP contribution >= 0.6 is 0 Å². The zero-order valence-corrected chi connectivity index (χ0v) is 11.3. The number of piperazine rings is 1. The molecule has 0 amide bonds. The summed E-state index contributed by atoms with van der Waals surface area (Å²) in [5, 5.41) is 0. The number of hydrogen-bond donors (Lipinski definition) is 0. The fourth-order valence-electron chi connectivity index (χ4n) is 3.31. The van der Waals surface area contributed by atoms with Crippen LogP contribution in [0.5, 0.6) is 5.88 Å². The van der Waals surface area contributed by atoms with E-state index in [0.717, 1.165) is 12.6 Å². The molecular formula is C14H21N3O. The van der Waals surface area contributed by atoms with Gasteiger partial charge in [0.1, 0.15) is 0 Å². The van der Waals surface area contributed by atoms with Crippen molar-refractivity contribution in [3.63, 3.8) is 0 Å². The minimum Gasteiger partial charge on any atom is -0.481 e. The Morgan fingerprint density at radius 3 is 2.61 bits per heavy atom. The van der Waals surface area contributed by atoms with Crippen molar-refractivity contribution < 1.29 is 4.74 Å². The molecule has 2 aliphatic heterocycles. The van der Waals surface area contributed by atoms with Gasteiger partial charge in [0.05, 0.1) is 19.0 Å². The third-order valence-electron chi connectivity index (χ3n) is 4.21. The van der Waals surface area contributed by atoms with E-state index in [-0.39, 0.29) is 0 Å². The van der Waals surface area contributed by atoms with E-state index >= 15 is 0 Å². The number of hydrogen-bond acceptors (Lipinski definition) is 4. The van der Waals surface area contributed by atoms with Gasteiger partial charge in [-0.15, -0.1) is 0 Å². The highest BCUT2D eigenvalue weighted by atomic mass is 16.5. The predicted octanol–water partition coefficient (Wildman–Crippen LogP) is 1.76. The minimum absolute atomic E-state index is 0.660. The van der Waals surface area contributed by atoms with Gasteiger partial charge in [-0.3, -0.25) is 4.90 Å². The van der Waals surface area contributed by atoms with Crippen molar-refractivity contribution in [3.8, 4) is 5.88 Å². The zero-order chi connectivity index (χ0) is 12.7. The summed E-state index contributed by atoms with van der Waals surface area (Å²) in [6, 6.07) is 6.11.